The monoisotopic (exact) mass is 362 g/mol. The van der Waals surface area contributed by atoms with Crippen molar-refractivity contribution < 1.29 is 14.6 Å². The standard InChI is InChI=1S/C23H38O3/c1-3-4-5-6-7-8-9-10-11-12-13-14-15-23(25)26-20(2)21-16-18-22(24)19-17-21/h16-20,24H,3-15H2,1-2H3. The predicted molar refractivity (Wildman–Crippen MR) is 108 cm³/mol. The Morgan fingerprint density at radius 1 is 0.846 bits per heavy atom. The molecule has 3 nitrogen and oxygen atoms in total. The fourth-order valence-electron chi connectivity index (χ4n) is 3.18. The Kier molecular flexibility index (Phi) is 12.7. The number of hydrogen-bond donors (Lipinski definition) is 1. The topological polar surface area (TPSA) is 46.5 Å². The van der Waals surface area contributed by atoms with Gasteiger partial charge in [-0.15, -0.1) is 0 Å². The van der Waals surface area contributed by atoms with E-state index in [1.54, 1.807) is 24.3 Å². The van der Waals surface area contributed by atoms with Crippen LogP contribution in [0.4, 0.5) is 0 Å². The van der Waals surface area contributed by atoms with Crippen molar-refractivity contribution in [3.8, 4) is 5.75 Å². The molecular formula is C23H38O3. The molecule has 148 valence electrons. The first-order valence-electron chi connectivity index (χ1n) is 10.6. The van der Waals surface area contributed by atoms with Crippen molar-refractivity contribution in [3.63, 3.8) is 0 Å². The van der Waals surface area contributed by atoms with Crippen LogP contribution < -0.4 is 0 Å². The Morgan fingerprint density at radius 3 is 1.81 bits per heavy atom. The molecule has 0 radical (unpaired) electrons. The minimum atomic E-state index is -0.263. The molecule has 0 aliphatic heterocycles. The first kappa shape index (κ1) is 22.5. The van der Waals surface area contributed by atoms with Crippen LogP contribution in [0.25, 0.3) is 0 Å². The molecule has 26 heavy (non-hydrogen) atoms. The highest BCUT2D eigenvalue weighted by Crippen LogP contribution is 2.20. The summed E-state index contributed by atoms with van der Waals surface area (Å²) in [6.45, 7) is 4.13. The second-order valence-corrected chi connectivity index (χ2v) is 7.36. The van der Waals surface area contributed by atoms with Crippen LogP contribution in [0.15, 0.2) is 24.3 Å². The molecule has 0 saturated heterocycles. The van der Waals surface area contributed by atoms with Crippen molar-refractivity contribution in [1.29, 1.82) is 0 Å². The van der Waals surface area contributed by atoms with Crippen LogP contribution in [0.3, 0.4) is 0 Å². The van der Waals surface area contributed by atoms with E-state index in [1.807, 2.05) is 6.92 Å². The van der Waals surface area contributed by atoms with Crippen LogP contribution >= 0.6 is 0 Å². The van der Waals surface area contributed by atoms with Crippen LogP contribution in [0.5, 0.6) is 5.75 Å². The van der Waals surface area contributed by atoms with Gasteiger partial charge in [-0.25, -0.2) is 0 Å². The molecule has 3 heteroatoms. The van der Waals surface area contributed by atoms with Gasteiger partial charge in [0.25, 0.3) is 0 Å². The molecule has 0 bridgehead atoms. The van der Waals surface area contributed by atoms with Gasteiger partial charge in [0, 0.05) is 6.42 Å². The highest BCUT2D eigenvalue weighted by atomic mass is 16.5. The number of phenols is 1. The second-order valence-electron chi connectivity index (χ2n) is 7.36. The lowest BCUT2D eigenvalue weighted by Gasteiger charge is -2.13. The summed E-state index contributed by atoms with van der Waals surface area (Å²) in [5, 5.41) is 9.29. The maximum absolute atomic E-state index is 11.9. The molecule has 0 fully saturated rings. The number of rotatable bonds is 15. The van der Waals surface area contributed by atoms with Gasteiger partial charge in [0.1, 0.15) is 11.9 Å². The molecule has 1 atom stereocenters. The van der Waals surface area contributed by atoms with Gasteiger partial charge in [-0.1, -0.05) is 89.7 Å². The van der Waals surface area contributed by atoms with Crippen LogP contribution in [-0.2, 0) is 9.53 Å². The summed E-state index contributed by atoms with van der Waals surface area (Å²) < 4.78 is 5.46. The van der Waals surface area contributed by atoms with Gasteiger partial charge in [0.15, 0.2) is 0 Å². The number of unbranched alkanes of at least 4 members (excludes halogenated alkanes) is 11. The van der Waals surface area contributed by atoms with E-state index in [0.29, 0.717) is 6.42 Å². The smallest absolute Gasteiger partial charge is 0.306 e. The zero-order valence-corrected chi connectivity index (χ0v) is 16.8. The van der Waals surface area contributed by atoms with Gasteiger partial charge < -0.3 is 9.84 Å². The fourth-order valence-corrected chi connectivity index (χ4v) is 3.18. The molecular weight excluding hydrogens is 324 g/mol. The van der Waals surface area contributed by atoms with Gasteiger partial charge in [0.2, 0.25) is 0 Å². The van der Waals surface area contributed by atoms with Crippen LogP contribution in [0.2, 0.25) is 0 Å². The summed E-state index contributed by atoms with van der Waals surface area (Å²) in [7, 11) is 0. The van der Waals surface area contributed by atoms with Gasteiger partial charge in [-0.2, -0.15) is 0 Å². The SMILES string of the molecule is CCCCCCCCCCCCCCC(=O)OC(C)c1ccc(O)cc1. The third-order valence-corrected chi connectivity index (χ3v) is 4.91. The number of carbonyl (C=O) groups is 1. The maximum atomic E-state index is 11.9. The van der Waals surface area contributed by atoms with Crippen molar-refractivity contribution in [2.45, 2.75) is 103 Å². The molecule has 1 rings (SSSR count). The van der Waals surface area contributed by atoms with E-state index in [2.05, 4.69) is 6.92 Å². The average Bonchev–Trinajstić information content (AvgIpc) is 2.63. The number of hydrogen-bond acceptors (Lipinski definition) is 3. The molecule has 0 aliphatic carbocycles. The number of phenolic OH excluding ortho intramolecular Hbond substituents is 1. The summed E-state index contributed by atoms with van der Waals surface area (Å²) in [5.41, 5.74) is 0.908. The van der Waals surface area contributed by atoms with Gasteiger partial charge in [-0.05, 0) is 31.0 Å². The number of benzene rings is 1. The maximum Gasteiger partial charge on any atom is 0.306 e. The summed E-state index contributed by atoms with van der Waals surface area (Å²) in [4.78, 5) is 11.9. The largest absolute Gasteiger partial charge is 0.508 e. The Bertz CT molecular complexity index is 467. The highest BCUT2D eigenvalue weighted by Gasteiger charge is 2.11. The molecule has 0 heterocycles. The lowest BCUT2D eigenvalue weighted by molar-refractivity contribution is -0.148. The highest BCUT2D eigenvalue weighted by molar-refractivity contribution is 5.69. The van der Waals surface area contributed by atoms with Gasteiger partial charge in [-0.3, -0.25) is 4.79 Å². The molecule has 0 aliphatic rings. The first-order valence-corrected chi connectivity index (χ1v) is 10.6. The normalized spacial score (nSPS) is 12.1. The van der Waals surface area contributed by atoms with Crippen LogP contribution in [-0.4, -0.2) is 11.1 Å². The van der Waals surface area contributed by atoms with Crippen molar-refractivity contribution in [2.75, 3.05) is 0 Å². The van der Waals surface area contributed by atoms with Crippen molar-refractivity contribution in [3.05, 3.63) is 29.8 Å². The molecule has 1 unspecified atom stereocenters. The zero-order chi connectivity index (χ0) is 19.0. The van der Waals surface area contributed by atoms with E-state index in [1.165, 1.54) is 64.2 Å². The Morgan fingerprint density at radius 2 is 1.31 bits per heavy atom. The van der Waals surface area contributed by atoms with Gasteiger partial charge >= 0.3 is 5.97 Å². The van der Waals surface area contributed by atoms with Crippen LogP contribution in [0.1, 0.15) is 109 Å². The van der Waals surface area contributed by atoms with E-state index >= 15 is 0 Å². The van der Waals surface area contributed by atoms with E-state index in [0.717, 1.165) is 18.4 Å². The molecule has 1 aromatic carbocycles. The third-order valence-electron chi connectivity index (χ3n) is 4.91. The number of carbonyl (C=O) groups excluding carboxylic acids is 1. The van der Waals surface area contributed by atoms with Crippen molar-refractivity contribution >= 4 is 5.97 Å². The summed E-state index contributed by atoms with van der Waals surface area (Å²) in [6.07, 6.45) is 15.7. The second kappa shape index (κ2) is 14.6. The van der Waals surface area contributed by atoms with Gasteiger partial charge in [0.05, 0.1) is 0 Å². The van der Waals surface area contributed by atoms with E-state index in [4.69, 9.17) is 4.74 Å². The lowest BCUT2D eigenvalue weighted by Crippen LogP contribution is -2.08. The Balaban J connectivity index is 1.94. The molecule has 0 amide bonds. The fraction of sp³-hybridized carbons (Fsp3) is 0.696. The molecule has 1 aromatic rings. The third kappa shape index (κ3) is 11.2. The molecule has 1 N–H and O–H groups in total. The minimum Gasteiger partial charge on any atom is -0.508 e. The quantitative estimate of drug-likeness (QED) is 0.268. The van der Waals surface area contributed by atoms with E-state index in [-0.39, 0.29) is 17.8 Å². The van der Waals surface area contributed by atoms with Crippen molar-refractivity contribution in [2.24, 2.45) is 0 Å². The number of esters is 1. The summed E-state index contributed by atoms with van der Waals surface area (Å²) >= 11 is 0. The molecule has 0 aromatic heterocycles. The zero-order valence-electron chi connectivity index (χ0n) is 16.8. The minimum absolute atomic E-state index is 0.127. The lowest BCUT2D eigenvalue weighted by atomic mass is 10.0. The molecule has 0 spiro atoms. The van der Waals surface area contributed by atoms with Crippen molar-refractivity contribution in [1.82, 2.24) is 0 Å². The predicted octanol–water partition coefficient (Wildman–Crippen LogP) is 7.09. The van der Waals surface area contributed by atoms with E-state index in [9.17, 15) is 9.90 Å². The number of aromatic hydroxyl groups is 1. The average molecular weight is 363 g/mol. The molecule has 0 saturated carbocycles. The Hall–Kier alpha value is -1.51. The number of ether oxygens (including phenoxy) is 1. The Labute approximate surface area is 160 Å². The van der Waals surface area contributed by atoms with Crippen LogP contribution in [0, 0.1) is 0 Å². The van der Waals surface area contributed by atoms with E-state index < -0.39 is 0 Å². The first-order chi connectivity index (χ1) is 12.6. The summed E-state index contributed by atoms with van der Waals surface area (Å²) in [6, 6.07) is 6.81. The summed E-state index contributed by atoms with van der Waals surface area (Å²) in [5.74, 6) is 0.0985.